The van der Waals surface area contributed by atoms with Gasteiger partial charge in [0.15, 0.2) is 0 Å². The number of carbonyl (C=O) groups excluding carboxylic acids is 5. The fraction of sp³-hybridized carbons (Fsp3) is 0.432. The van der Waals surface area contributed by atoms with Gasteiger partial charge < -0.3 is 24.9 Å². The third-order valence-electron chi connectivity index (χ3n) is 12.9. The molecule has 0 saturated carbocycles. The van der Waals surface area contributed by atoms with Crippen LogP contribution in [0.25, 0.3) is 10.9 Å². The molecule has 0 radical (unpaired) electrons. The molecule has 17 heteroatoms. The third-order valence-corrected chi connectivity index (χ3v) is 12.9. The minimum Gasteiger partial charge on any atom is -0.369 e. The quantitative estimate of drug-likeness (QED) is 0.258. The number of amides is 6. The average molecular weight is 825 g/mol. The summed E-state index contributed by atoms with van der Waals surface area (Å²) < 4.78 is 0. The predicted molar refractivity (Wildman–Crippen MR) is 227 cm³/mol. The SMILES string of the molecule is C[C@@H]1CN(c2ccc(C#N)c3ncccc23)[C@@H](C)CN1C(=O)Nc1cnc(N2CCC(CN3CCN(c4ccc5c(c4)C(=O)N(C4CCC(=O)NC4=O)C5=O)CC3)CC2)nc1. The topological polar surface area (TPSA) is 191 Å². The first-order valence-corrected chi connectivity index (χ1v) is 21.1. The zero-order valence-electron chi connectivity index (χ0n) is 34.3. The number of benzene rings is 2. The molecule has 5 aliphatic rings. The second-order valence-corrected chi connectivity index (χ2v) is 16.7. The lowest BCUT2D eigenvalue weighted by Crippen LogP contribution is -2.59. The number of aromatic nitrogens is 3. The van der Waals surface area contributed by atoms with Crippen molar-refractivity contribution in [3.63, 3.8) is 0 Å². The molecular weight excluding hydrogens is 777 g/mol. The Morgan fingerprint density at radius 3 is 2.34 bits per heavy atom. The van der Waals surface area contributed by atoms with E-state index in [9.17, 15) is 29.2 Å². The molecule has 0 aliphatic carbocycles. The van der Waals surface area contributed by atoms with E-state index in [1.54, 1.807) is 30.7 Å². The van der Waals surface area contributed by atoms with Crippen molar-refractivity contribution in [2.24, 2.45) is 5.92 Å². The summed E-state index contributed by atoms with van der Waals surface area (Å²) in [7, 11) is 0. The van der Waals surface area contributed by atoms with Crippen LogP contribution in [0, 0.1) is 17.2 Å². The molecule has 61 heavy (non-hydrogen) atoms. The number of urea groups is 1. The molecule has 5 aliphatic heterocycles. The maximum Gasteiger partial charge on any atom is 0.322 e. The number of fused-ring (bicyclic) bond motifs is 2. The summed E-state index contributed by atoms with van der Waals surface area (Å²) in [6.45, 7) is 11.3. The molecule has 2 N–H and O–H groups in total. The standard InChI is InChI=1S/C44H48N12O5/c1-27-25-55(28(2)24-54(27)36-8-5-30(21-45)39-34(36)4-3-13-46-39)44(61)49-31-22-47-43(48-23-31)53-14-11-29(12-15-53)26-51-16-18-52(19-17-51)32-6-7-33-35(20-32)42(60)56(41(33)59)37-9-10-38(57)50-40(37)58/h3-8,13,20,22-23,27-29,37H,9-12,14-19,24-26H2,1-2H3,(H,49,61)(H,50,57,58)/t27-,28+,37?/m0/s1. The minimum atomic E-state index is -0.979. The minimum absolute atomic E-state index is 0.0324. The van der Waals surface area contributed by atoms with Crippen LogP contribution in [0.3, 0.4) is 0 Å². The van der Waals surface area contributed by atoms with Crippen LogP contribution in [0.1, 0.15) is 65.8 Å². The molecule has 0 spiro atoms. The maximum atomic E-state index is 13.5. The number of piperidine rings is 2. The molecule has 9 rings (SSSR count). The normalized spacial score (nSPS) is 22.7. The average Bonchev–Trinajstić information content (AvgIpc) is 3.52. The van der Waals surface area contributed by atoms with Crippen LogP contribution in [-0.4, -0.2) is 136 Å². The van der Waals surface area contributed by atoms with Crippen LogP contribution in [0.15, 0.2) is 61.1 Å². The first kappa shape index (κ1) is 39.8. The molecule has 17 nitrogen and oxygen atoms in total. The summed E-state index contributed by atoms with van der Waals surface area (Å²) in [6, 6.07) is 14.0. The summed E-state index contributed by atoms with van der Waals surface area (Å²) in [5.41, 5.74) is 4.24. The smallest absolute Gasteiger partial charge is 0.322 e. The molecule has 4 aromatic rings. The Morgan fingerprint density at radius 1 is 0.852 bits per heavy atom. The van der Waals surface area contributed by atoms with Gasteiger partial charge >= 0.3 is 6.03 Å². The van der Waals surface area contributed by atoms with Gasteiger partial charge in [-0.25, -0.2) is 14.8 Å². The first-order valence-electron chi connectivity index (χ1n) is 21.1. The molecule has 3 atom stereocenters. The predicted octanol–water partition coefficient (Wildman–Crippen LogP) is 3.47. The number of rotatable bonds is 7. The van der Waals surface area contributed by atoms with Crippen molar-refractivity contribution in [2.75, 3.05) is 78.9 Å². The number of carbonyl (C=O) groups is 5. The lowest BCUT2D eigenvalue weighted by Gasteiger charge is -2.45. The van der Waals surface area contributed by atoms with E-state index in [-0.39, 0.29) is 36.5 Å². The van der Waals surface area contributed by atoms with Crippen molar-refractivity contribution in [1.82, 2.24) is 35.0 Å². The number of nitrogens with zero attached hydrogens (tertiary/aromatic N) is 10. The van der Waals surface area contributed by atoms with E-state index in [1.165, 1.54) is 0 Å². The van der Waals surface area contributed by atoms with Crippen molar-refractivity contribution in [2.45, 2.75) is 57.7 Å². The monoisotopic (exact) mass is 824 g/mol. The highest BCUT2D eigenvalue weighted by Gasteiger charge is 2.45. The lowest BCUT2D eigenvalue weighted by atomic mass is 9.96. The van der Waals surface area contributed by atoms with E-state index in [4.69, 9.17) is 0 Å². The summed E-state index contributed by atoms with van der Waals surface area (Å²) >= 11 is 0. The van der Waals surface area contributed by atoms with Crippen LogP contribution < -0.4 is 25.3 Å². The molecule has 6 amide bonds. The van der Waals surface area contributed by atoms with Crippen LogP contribution in [0.2, 0.25) is 0 Å². The Hall–Kier alpha value is -6.67. The molecule has 4 saturated heterocycles. The van der Waals surface area contributed by atoms with E-state index < -0.39 is 29.7 Å². The number of imide groups is 2. The molecular formula is C44H48N12O5. The van der Waals surface area contributed by atoms with Gasteiger partial charge in [-0.2, -0.15) is 5.26 Å². The van der Waals surface area contributed by atoms with Gasteiger partial charge in [-0.05, 0) is 81.5 Å². The summed E-state index contributed by atoms with van der Waals surface area (Å²) in [5.74, 6) is -0.799. The Labute approximate surface area is 353 Å². The van der Waals surface area contributed by atoms with E-state index in [0.717, 1.165) is 80.3 Å². The highest BCUT2D eigenvalue weighted by molar-refractivity contribution is 6.23. The molecule has 314 valence electrons. The number of anilines is 4. The van der Waals surface area contributed by atoms with E-state index in [0.29, 0.717) is 47.3 Å². The van der Waals surface area contributed by atoms with Gasteiger partial charge in [0.1, 0.15) is 12.1 Å². The summed E-state index contributed by atoms with van der Waals surface area (Å²) in [6.07, 6.45) is 7.31. The van der Waals surface area contributed by atoms with Gasteiger partial charge in [-0.3, -0.25) is 39.3 Å². The van der Waals surface area contributed by atoms with Gasteiger partial charge in [0.25, 0.3) is 11.8 Å². The van der Waals surface area contributed by atoms with Crippen LogP contribution in [0.5, 0.6) is 0 Å². The largest absolute Gasteiger partial charge is 0.369 e. The molecule has 2 aromatic carbocycles. The Balaban J connectivity index is 0.728. The molecule has 0 bridgehead atoms. The summed E-state index contributed by atoms with van der Waals surface area (Å²) in [5, 5.41) is 15.8. The second-order valence-electron chi connectivity index (χ2n) is 16.7. The molecule has 4 fully saturated rings. The highest BCUT2D eigenvalue weighted by Crippen LogP contribution is 2.34. The molecule has 2 aromatic heterocycles. The lowest BCUT2D eigenvalue weighted by molar-refractivity contribution is -0.136. The number of pyridine rings is 1. The van der Waals surface area contributed by atoms with Gasteiger partial charge in [0.2, 0.25) is 17.8 Å². The third kappa shape index (κ3) is 7.67. The van der Waals surface area contributed by atoms with Crippen LogP contribution in [0.4, 0.5) is 27.8 Å². The number of hydrogen-bond donors (Lipinski definition) is 2. The second kappa shape index (κ2) is 16.4. The molecule has 1 unspecified atom stereocenters. The molecule has 7 heterocycles. The van der Waals surface area contributed by atoms with Crippen molar-refractivity contribution < 1.29 is 24.0 Å². The van der Waals surface area contributed by atoms with E-state index >= 15 is 0 Å². The zero-order chi connectivity index (χ0) is 42.4. The fourth-order valence-corrected chi connectivity index (χ4v) is 9.51. The number of piperazine rings is 2. The first-order chi connectivity index (χ1) is 29.6. The number of hydrogen-bond acceptors (Lipinski definition) is 13. The van der Waals surface area contributed by atoms with Gasteiger partial charge in [0.05, 0.1) is 40.3 Å². The number of nitrogens with one attached hydrogen (secondary N) is 2. The summed E-state index contributed by atoms with van der Waals surface area (Å²) in [4.78, 5) is 89.9. The van der Waals surface area contributed by atoms with E-state index in [1.807, 2.05) is 42.2 Å². The van der Waals surface area contributed by atoms with Crippen molar-refractivity contribution in [3.8, 4) is 6.07 Å². The van der Waals surface area contributed by atoms with Crippen LogP contribution in [-0.2, 0) is 9.59 Å². The Kier molecular flexibility index (Phi) is 10.7. The van der Waals surface area contributed by atoms with E-state index in [2.05, 4.69) is 58.2 Å². The van der Waals surface area contributed by atoms with Crippen LogP contribution >= 0.6 is 0 Å². The maximum absolute atomic E-state index is 13.5. The zero-order valence-corrected chi connectivity index (χ0v) is 34.3. The Morgan fingerprint density at radius 2 is 1.61 bits per heavy atom. The number of nitriles is 1. The van der Waals surface area contributed by atoms with Gasteiger partial charge in [-0.1, -0.05) is 0 Å². The van der Waals surface area contributed by atoms with Crippen molar-refractivity contribution in [1.29, 1.82) is 5.26 Å². The fourth-order valence-electron chi connectivity index (χ4n) is 9.51. The van der Waals surface area contributed by atoms with Crippen molar-refractivity contribution >= 4 is 63.6 Å². The van der Waals surface area contributed by atoms with Crippen molar-refractivity contribution in [3.05, 3.63) is 77.7 Å². The highest BCUT2D eigenvalue weighted by atomic mass is 16.2. The Bertz CT molecular complexity index is 2440. The van der Waals surface area contributed by atoms with Gasteiger partial charge in [-0.15, -0.1) is 0 Å². The van der Waals surface area contributed by atoms with Gasteiger partial charge in [0, 0.05) is 100 Å².